The number of hydrogen-bond donors (Lipinski definition) is 2. The average Bonchev–Trinajstić information content (AvgIpc) is 2.89. The highest BCUT2D eigenvalue weighted by Crippen LogP contribution is 2.29. The number of aliphatic hydroxyl groups excluding tert-OH is 1. The number of carbonyl (C=O) groups is 1. The largest absolute Gasteiger partial charge is 0.394 e. The van der Waals surface area contributed by atoms with Crippen LogP contribution in [-0.4, -0.2) is 28.9 Å². The molecule has 0 aromatic heterocycles. The first kappa shape index (κ1) is 14.4. The standard InChI is InChI=1S/C15H21NO2S/c17-12-15(9-4-5-10-15)16-14(18)8-11-19-13-6-2-1-3-7-13/h1-3,6-7,17H,4-5,8-12H2,(H,16,18). The molecule has 1 aromatic carbocycles. The highest BCUT2D eigenvalue weighted by Gasteiger charge is 2.34. The van der Waals surface area contributed by atoms with E-state index in [1.165, 1.54) is 4.90 Å². The summed E-state index contributed by atoms with van der Waals surface area (Å²) >= 11 is 1.69. The van der Waals surface area contributed by atoms with Crippen molar-refractivity contribution in [2.24, 2.45) is 0 Å². The number of hydrogen-bond acceptors (Lipinski definition) is 3. The van der Waals surface area contributed by atoms with Crippen molar-refractivity contribution in [1.29, 1.82) is 0 Å². The van der Waals surface area contributed by atoms with Gasteiger partial charge >= 0.3 is 0 Å². The van der Waals surface area contributed by atoms with E-state index < -0.39 is 0 Å². The summed E-state index contributed by atoms with van der Waals surface area (Å²) in [6.07, 6.45) is 4.50. The number of rotatable bonds is 6. The summed E-state index contributed by atoms with van der Waals surface area (Å²) < 4.78 is 0. The molecule has 0 saturated heterocycles. The molecule has 0 aliphatic heterocycles. The molecular formula is C15H21NO2S. The number of carbonyl (C=O) groups excluding carboxylic acids is 1. The normalized spacial score (nSPS) is 17.3. The number of benzene rings is 1. The Balaban J connectivity index is 1.73. The van der Waals surface area contributed by atoms with Crippen molar-refractivity contribution in [3.05, 3.63) is 30.3 Å². The summed E-state index contributed by atoms with van der Waals surface area (Å²) in [6, 6.07) is 10.1. The highest BCUT2D eigenvalue weighted by molar-refractivity contribution is 7.99. The number of nitrogens with one attached hydrogen (secondary N) is 1. The summed E-state index contributed by atoms with van der Waals surface area (Å²) in [5.74, 6) is 0.830. The zero-order valence-corrected chi connectivity index (χ0v) is 11.9. The molecule has 104 valence electrons. The van der Waals surface area contributed by atoms with Gasteiger partial charge in [-0.2, -0.15) is 0 Å². The molecule has 2 rings (SSSR count). The van der Waals surface area contributed by atoms with Gasteiger partial charge in [0.25, 0.3) is 0 Å². The topological polar surface area (TPSA) is 49.3 Å². The maximum absolute atomic E-state index is 11.9. The van der Waals surface area contributed by atoms with Crippen LogP contribution >= 0.6 is 11.8 Å². The molecule has 1 aliphatic carbocycles. The average molecular weight is 279 g/mol. The van der Waals surface area contributed by atoms with E-state index in [1.54, 1.807) is 11.8 Å². The van der Waals surface area contributed by atoms with Crippen molar-refractivity contribution in [2.45, 2.75) is 42.5 Å². The molecule has 4 heteroatoms. The molecule has 1 fully saturated rings. The van der Waals surface area contributed by atoms with Gasteiger partial charge in [0.15, 0.2) is 0 Å². The van der Waals surface area contributed by atoms with Crippen molar-refractivity contribution in [1.82, 2.24) is 5.32 Å². The molecule has 1 amide bonds. The van der Waals surface area contributed by atoms with Crippen molar-refractivity contribution < 1.29 is 9.90 Å². The third-order valence-electron chi connectivity index (χ3n) is 3.61. The maximum Gasteiger partial charge on any atom is 0.221 e. The maximum atomic E-state index is 11.9. The summed E-state index contributed by atoms with van der Waals surface area (Å²) in [4.78, 5) is 13.1. The SMILES string of the molecule is O=C(CCSc1ccccc1)NC1(CO)CCCC1. The molecule has 0 heterocycles. The second-order valence-electron chi connectivity index (χ2n) is 5.11. The van der Waals surface area contributed by atoms with Gasteiger partial charge in [-0.3, -0.25) is 4.79 Å². The smallest absolute Gasteiger partial charge is 0.221 e. The fraction of sp³-hybridized carbons (Fsp3) is 0.533. The zero-order chi connectivity index (χ0) is 13.6. The van der Waals surface area contributed by atoms with Gasteiger partial charge < -0.3 is 10.4 Å². The Morgan fingerprint density at radius 1 is 1.26 bits per heavy atom. The number of thioether (sulfide) groups is 1. The molecule has 0 atom stereocenters. The molecular weight excluding hydrogens is 258 g/mol. The lowest BCUT2D eigenvalue weighted by Gasteiger charge is -2.27. The molecule has 3 nitrogen and oxygen atoms in total. The third-order valence-corrected chi connectivity index (χ3v) is 4.62. The molecule has 19 heavy (non-hydrogen) atoms. The van der Waals surface area contributed by atoms with Crippen molar-refractivity contribution in [2.75, 3.05) is 12.4 Å². The highest BCUT2D eigenvalue weighted by atomic mass is 32.2. The lowest BCUT2D eigenvalue weighted by molar-refractivity contribution is -0.123. The van der Waals surface area contributed by atoms with E-state index >= 15 is 0 Å². The Kier molecular flexibility index (Phi) is 5.28. The summed E-state index contributed by atoms with van der Waals surface area (Å²) in [5.41, 5.74) is -0.339. The van der Waals surface area contributed by atoms with Gasteiger partial charge in [0.1, 0.15) is 0 Å². The van der Waals surface area contributed by atoms with Gasteiger partial charge in [-0.25, -0.2) is 0 Å². The Hall–Kier alpha value is -1.00. The second-order valence-corrected chi connectivity index (χ2v) is 6.27. The van der Waals surface area contributed by atoms with Crippen molar-refractivity contribution in [3.63, 3.8) is 0 Å². The summed E-state index contributed by atoms with van der Waals surface area (Å²) in [5, 5.41) is 12.5. The van der Waals surface area contributed by atoms with Gasteiger partial charge in [0, 0.05) is 17.1 Å². The fourth-order valence-corrected chi connectivity index (χ4v) is 3.38. The van der Waals surface area contributed by atoms with Crippen LogP contribution in [0.4, 0.5) is 0 Å². The Bertz CT molecular complexity index is 402. The fourth-order valence-electron chi connectivity index (χ4n) is 2.51. The van der Waals surface area contributed by atoms with Crippen LogP contribution in [0.1, 0.15) is 32.1 Å². The molecule has 0 bridgehead atoms. The van der Waals surface area contributed by atoms with Crippen LogP contribution in [0.25, 0.3) is 0 Å². The lowest BCUT2D eigenvalue weighted by Crippen LogP contribution is -2.49. The Morgan fingerprint density at radius 3 is 2.58 bits per heavy atom. The third kappa shape index (κ3) is 4.25. The van der Waals surface area contributed by atoms with Crippen LogP contribution < -0.4 is 5.32 Å². The van der Waals surface area contributed by atoms with Gasteiger partial charge in [0.05, 0.1) is 12.1 Å². The molecule has 1 saturated carbocycles. The van der Waals surface area contributed by atoms with E-state index in [1.807, 2.05) is 18.2 Å². The van der Waals surface area contributed by atoms with Crippen molar-refractivity contribution >= 4 is 17.7 Å². The quantitative estimate of drug-likeness (QED) is 0.787. The van der Waals surface area contributed by atoms with Gasteiger partial charge in [-0.15, -0.1) is 11.8 Å². The van der Waals surface area contributed by atoms with Crippen LogP contribution in [0.3, 0.4) is 0 Å². The van der Waals surface area contributed by atoms with E-state index in [2.05, 4.69) is 17.4 Å². The minimum absolute atomic E-state index is 0.0550. The van der Waals surface area contributed by atoms with E-state index in [0.29, 0.717) is 6.42 Å². The Morgan fingerprint density at radius 2 is 1.95 bits per heavy atom. The van der Waals surface area contributed by atoms with Gasteiger partial charge in [0.2, 0.25) is 5.91 Å². The number of amides is 1. The minimum atomic E-state index is -0.339. The van der Waals surface area contributed by atoms with Crippen LogP contribution in [0.2, 0.25) is 0 Å². The van der Waals surface area contributed by atoms with Crippen LogP contribution in [-0.2, 0) is 4.79 Å². The van der Waals surface area contributed by atoms with Crippen LogP contribution in [0.5, 0.6) is 0 Å². The zero-order valence-electron chi connectivity index (χ0n) is 11.1. The molecule has 1 aliphatic rings. The van der Waals surface area contributed by atoms with Gasteiger partial charge in [-0.1, -0.05) is 31.0 Å². The lowest BCUT2D eigenvalue weighted by atomic mass is 9.99. The predicted octanol–water partition coefficient (Wildman–Crippen LogP) is 2.59. The molecule has 0 unspecified atom stereocenters. The second kappa shape index (κ2) is 6.96. The first-order valence-corrected chi connectivity index (χ1v) is 7.82. The molecule has 0 radical (unpaired) electrons. The van der Waals surface area contributed by atoms with Crippen LogP contribution in [0.15, 0.2) is 35.2 Å². The summed E-state index contributed by atoms with van der Waals surface area (Å²) in [6.45, 7) is 0.0601. The van der Waals surface area contributed by atoms with Gasteiger partial charge in [-0.05, 0) is 25.0 Å². The van der Waals surface area contributed by atoms with E-state index in [4.69, 9.17) is 0 Å². The van der Waals surface area contributed by atoms with Crippen LogP contribution in [0, 0.1) is 0 Å². The minimum Gasteiger partial charge on any atom is -0.394 e. The number of aliphatic hydroxyl groups is 1. The molecule has 1 aromatic rings. The first-order valence-electron chi connectivity index (χ1n) is 6.84. The first-order chi connectivity index (χ1) is 9.24. The van der Waals surface area contributed by atoms with E-state index in [0.717, 1.165) is 31.4 Å². The predicted molar refractivity (Wildman–Crippen MR) is 78.2 cm³/mol. The monoisotopic (exact) mass is 279 g/mol. The van der Waals surface area contributed by atoms with E-state index in [-0.39, 0.29) is 18.1 Å². The molecule has 2 N–H and O–H groups in total. The summed E-state index contributed by atoms with van der Waals surface area (Å²) in [7, 11) is 0. The Labute approximate surface area is 118 Å². The molecule has 0 spiro atoms. The van der Waals surface area contributed by atoms with Crippen molar-refractivity contribution in [3.8, 4) is 0 Å². The van der Waals surface area contributed by atoms with E-state index in [9.17, 15) is 9.90 Å².